The monoisotopic (exact) mass is 492 g/mol. The minimum Gasteiger partial charge on any atom is -0.292 e. The molecule has 9 rings (SSSR count). The Morgan fingerprint density at radius 3 is 1.97 bits per heavy atom. The van der Waals surface area contributed by atoms with Crippen molar-refractivity contribution in [2.75, 3.05) is 0 Å². The summed E-state index contributed by atoms with van der Waals surface area (Å²) in [5.74, 6) is 0.376. The van der Waals surface area contributed by atoms with Crippen LogP contribution < -0.4 is 4.57 Å². The number of aromatic nitrogens is 2. The fraction of sp³-hybridized carbons (Fsp3) is 0.286. The van der Waals surface area contributed by atoms with E-state index in [0.29, 0.717) is 5.52 Å². The lowest BCUT2D eigenvalue weighted by Gasteiger charge is -2.20. The average molecular weight is 493 g/mol. The quantitative estimate of drug-likeness (QED) is 0.178. The van der Waals surface area contributed by atoms with E-state index in [1.165, 1.54) is 42.5 Å². The standard InChI is InChI=1S/C35H36N2/c1-24(2)30-8-7-9-31(25(3)4)35(30)37-23-36(32-10-5-6-11-33(32)37)34-22-28-17-16-26-12-14-27(15-13-26)18-20-29(34)21-19-28/h5-15,19,21-22,24-25H,16-18,20H2,1-4H3/i16D2,17D2,18D2,20D2. The van der Waals surface area contributed by atoms with E-state index >= 15 is 0 Å². The second kappa shape index (κ2) is 9.67. The van der Waals surface area contributed by atoms with Crippen molar-refractivity contribution >= 4 is 11.0 Å². The first-order chi connectivity index (χ1) is 21.0. The van der Waals surface area contributed by atoms with Crippen molar-refractivity contribution in [2.45, 2.75) is 65.0 Å². The maximum Gasteiger partial charge on any atom is 0.269 e. The number of para-hydroxylation sites is 3. The number of hydrogen-bond donors (Lipinski definition) is 0. The first kappa shape index (κ1) is 16.2. The molecule has 0 radical (unpaired) electrons. The van der Waals surface area contributed by atoms with Crippen LogP contribution in [0.25, 0.3) is 22.4 Å². The Labute approximate surface area is 232 Å². The van der Waals surface area contributed by atoms with Gasteiger partial charge in [0.1, 0.15) is 0 Å². The minimum absolute atomic E-state index is 0.00245. The van der Waals surface area contributed by atoms with Crippen LogP contribution in [0.5, 0.6) is 0 Å². The Balaban J connectivity index is 1.73. The largest absolute Gasteiger partial charge is 0.292 e. The molecular weight excluding hydrogens is 448 g/mol. The second-order valence-corrected chi connectivity index (χ2v) is 10.2. The molecule has 1 aromatic heterocycles. The molecule has 37 heavy (non-hydrogen) atoms. The molecule has 2 nitrogen and oxygen atoms in total. The zero-order valence-electron chi connectivity index (χ0n) is 29.6. The molecule has 186 valence electrons. The lowest BCUT2D eigenvalue weighted by Crippen LogP contribution is -2.31. The Hall–Kier alpha value is -3.65. The van der Waals surface area contributed by atoms with Gasteiger partial charge < -0.3 is 0 Å². The van der Waals surface area contributed by atoms with E-state index in [-0.39, 0.29) is 39.8 Å². The molecule has 0 saturated heterocycles. The topological polar surface area (TPSA) is 8.81 Å². The van der Waals surface area contributed by atoms with Gasteiger partial charge in [-0.05, 0) is 71.2 Å². The van der Waals surface area contributed by atoms with Crippen molar-refractivity contribution in [3.63, 3.8) is 0 Å². The normalized spacial score (nSPS) is 22.1. The number of imidazole rings is 1. The predicted molar refractivity (Wildman–Crippen MR) is 153 cm³/mol. The fourth-order valence-corrected chi connectivity index (χ4v) is 4.99. The van der Waals surface area contributed by atoms with Gasteiger partial charge in [-0.2, -0.15) is 0 Å². The van der Waals surface area contributed by atoms with Crippen LogP contribution in [0.15, 0.2) is 84.9 Å². The summed E-state index contributed by atoms with van der Waals surface area (Å²) >= 11 is 0. The summed E-state index contributed by atoms with van der Waals surface area (Å²) in [5, 5.41) is 0. The van der Waals surface area contributed by atoms with Gasteiger partial charge in [-0.25, -0.2) is 0 Å². The molecule has 4 aliphatic rings. The second-order valence-electron chi connectivity index (χ2n) is 10.2. The molecule has 4 aromatic carbocycles. The van der Waals surface area contributed by atoms with E-state index in [9.17, 15) is 2.74 Å². The van der Waals surface area contributed by atoms with Gasteiger partial charge in [-0.15, -0.1) is 0 Å². The van der Waals surface area contributed by atoms with Gasteiger partial charge in [-0.1, -0.05) is 112 Å². The summed E-state index contributed by atoms with van der Waals surface area (Å²) in [4.78, 5) is 0. The van der Waals surface area contributed by atoms with Crippen molar-refractivity contribution in [3.8, 4) is 11.4 Å². The van der Waals surface area contributed by atoms with Crippen molar-refractivity contribution < 1.29 is 15.5 Å². The SMILES string of the molecule is [2H]C1([2H])c2ccc(cc2)C([2H])([2H])C([2H])([2H])c2ccc(cc2-[n+]2[c-]n(-c3c(C(C)C)cccc3C(C)C)c3ccccc32)C1([2H])[2H]. The Morgan fingerprint density at radius 2 is 1.30 bits per heavy atom. The van der Waals surface area contributed by atoms with Gasteiger partial charge in [0.2, 0.25) is 0 Å². The molecule has 0 N–H and O–H groups in total. The van der Waals surface area contributed by atoms with Crippen molar-refractivity contribution in [1.29, 1.82) is 0 Å². The molecular formula is C35H36N2. The van der Waals surface area contributed by atoms with Crippen LogP contribution in [0.4, 0.5) is 0 Å². The van der Waals surface area contributed by atoms with Gasteiger partial charge in [-0.3, -0.25) is 9.13 Å². The highest BCUT2D eigenvalue weighted by molar-refractivity contribution is 5.76. The zero-order valence-corrected chi connectivity index (χ0v) is 21.6. The molecule has 2 heteroatoms. The van der Waals surface area contributed by atoms with Crippen molar-refractivity contribution in [2.24, 2.45) is 0 Å². The van der Waals surface area contributed by atoms with Gasteiger partial charge in [0.25, 0.3) is 6.33 Å². The van der Waals surface area contributed by atoms with Crippen LogP contribution in [-0.2, 0) is 25.5 Å². The van der Waals surface area contributed by atoms with Crippen LogP contribution in [0.3, 0.4) is 0 Å². The minimum atomic E-state index is -2.57. The summed E-state index contributed by atoms with van der Waals surface area (Å²) in [6.07, 6.45) is -6.61. The third kappa shape index (κ3) is 4.39. The number of fused-ring (bicyclic) bond motifs is 1. The van der Waals surface area contributed by atoms with E-state index in [1.54, 1.807) is 4.57 Å². The van der Waals surface area contributed by atoms with Gasteiger partial charge in [0, 0.05) is 11.0 Å². The number of nitrogens with zero attached hydrogens (tertiary/aromatic N) is 2. The molecule has 5 aromatic rings. The summed E-state index contributed by atoms with van der Waals surface area (Å²) < 4.78 is 76.1. The highest BCUT2D eigenvalue weighted by atomic mass is 15.1. The van der Waals surface area contributed by atoms with Gasteiger partial charge in [0.05, 0.1) is 22.4 Å². The highest BCUT2D eigenvalue weighted by Crippen LogP contribution is 2.33. The summed E-state index contributed by atoms with van der Waals surface area (Å²) in [6, 6.07) is 23.5. The Kier molecular flexibility index (Phi) is 4.24. The maximum atomic E-state index is 9.27. The fourth-order valence-electron chi connectivity index (χ4n) is 4.99. The highest BCUT2D eigenvalue weighted by Gasteiger charge is 2.21. The van der Waals surface area contributed by atoms with Crippen LogP contribution >= 0.6 is 0 Å². The van der Waals surface area contributed by atoms with Crippen molar-refractivity contribution in [3.05, 3.63) is 125 Å². The Morgan fingerprint density at radius 1 is 0.703 bits per heavy atom. The summed E-state index contributed by atoms with van der Waals surface area (Å²) in [6.45, 7) is 8.53. The maximum absolute atomic E-state index is 9.27. The third-order valence-corrected chi connectivity index (χ3v) is 6.95. The van der Waals surface area contributed by atoms with Crippen molar-refractivity contribution in [1.82, 2.24) is 4.57 Å². The number of benzene rings is 4. The molecule has 0 atom stereocenters. The molecule has 0 aliphatic heterocycles. The first-order valence-electron chi connectivity index (χ1n) is 16.9. The van der Waals surface area contributed by atoms with E-state index in [2.05, 4.69) is 52.2 Å². The molecule has 0 fully saturated rings. The molecule has 0 amide bonds. The van der Waals surface area contributed by atoms with Gasteiger partial charge >= 0.3 is 0 Å². The lowest BCUT2D eigenvalue weighted by atomic mass is 9.92. The molecule has 4 bridgehead atoms. The van der Waals surface area contributed by atoms with Crippen LogP contribution in [0, 0.1) is 6.33 Å². The van der Waals surface area contributed by atoms with E-state index in [1.807, 2.05) is 28.8 Å². The van der Waals surface area contributed by atoms with E-state index in [4.69, 9.17) is 8.22 Å². The first-order valence-corrected chi connectivity index (χ1v) is 12.9. The average Bonchev–Trinajstić information content (AvgIpc) is 3.39. The third-order valence-electron chi connectivity index (χ3n) is 6.95. The van der Waals surface area contributed by atoms with Gasteiger partial charge in [0.15, 0.2) is 0 Å². The molecule has 4 aliphatic carbocycles. The zero-order chi connectivity index (χ0) is 32.7. The molecule has 1 heterocycles. The van der Waals surface area contributed by atoms with Crippen LogP contribution in [-0.4, -0.2) is 4.57 Å². The summed E-state index contributed by atoms with van der Waals surface area (Å²) in [5.41, 5.74) is 4.93. The van der Waals surface area contributed by atoms with E-state index in [0.717, 1.165) is 22.3 Å². The van der Waals surface area contributed by atoms with Crippen LogP contribution in [0.1, 0.15) is 83.9 Å². The predicted octanol–water partition coefficient (Wildman–Crippen LogP) is 7.84. The molecule has 0 unspecified atom stereocenters. The summed E-state index contributed by atoms with van der Waals surface area (Å²) in [7, 11) is 0. The Bertz CT molecular complexity index is 1890. The number of rotatable bonds is 4. The number of aryl methyl sites for hydroxylation is 4. The van der Waals surface area contributed by atoms with Crippen LogP contribution in [0.2, 0.25) is 0 Å². The molecule has 0 saturated carbocycles. The van der Waals surface area contributed by atoms with E-state index < -0.39 is 25.5 Å². The molecule has 0 spiro atoms. The number of hydrogen-bond acceptors (Lipinski definition) is 0. The smallest absolute Gasteiger partial charge is 0.269 e. The lowest BCUT2D eigenvalue weighted by molar-refractivity contribution is -0.573.